The second-order valence-corrected chi connectivity index (χ2v) is 6.77. The zero-order chi connectivity index (χ0) is 17.6. The third kappa shape index (κ3) is 3.10. The van der Waals surface area contributed by atoms with Crippen molar-refractivity contribution in [2.45, 2.75) is 44.6 Å². The van der Waals surface area contributed by atoms with Gasteiger partial charge >= 0.3 is 0 Å². The van der Waals surface area contributed by atoms with Gasteiger partial charge in [0, 0.05) is 5.92 Å². The molecule has 7 nitrogen and oxygen atoms in total. The van der Waals surface area contributed by atoms with Crippen molar-refractivity contribution in [1.82, 2.24) is 24.9 Å². The Labute approximate surface area is 156 Å². The molecule has 1 aromatic carbocycles. The minimum absolute atomic E-state index is 0. The van der Waals surface area contributed by atoms with Crippen molar-refractivity contribution >= 4 is 12.4 Å². The zero-order valence-corrected chi connectivity index (χ0v) is 15.3. The molecular weight excluding hydrogens is 359 g/mol. The number of hydrogen-bond donors (Lipinski definition) is 1. The van der Waals surface area contributed by atoms with Crippen molar-refractivity contribution in [3.05, 3.63) is 41.7 Å². The van der Waals surface area contributed by atoms with E-state index in [0.717, 1.165) is 19.3 Å². The molecule has 26 heavy (non-hydrogen) atoms. The molecule has 0 saturated heterocycles. The summed E-state index contributed by atoms with van der Waals surface area (Å²) in [5.41, 5.74) is 6.32. The van der Waals surface area contributed by atoms with Gasteiger partial charge in [-0.25, -0.2) is 14.1 Å². The lowest BCUT2D eigenvalue weighted by Gasteiger charge is -2.34. The molecule has 1 aliphatic rings. The van der Waals surface area contributed by atoms with Crippen LogP contribution in [0.2, 0.25) is 0 Å². The van der Waals surface area contributed by atoms with Crippen LogP contribution in [-0.2, 0) is 5.54 Å². The van der Waals surface area contributed by atoms with Gasteiger partial charge in [-0.3, -0.25) is 0 Å². The highest BCUT2D eigenvalue weighted by molar-refractivity contribution is 5.85. The van der Waals surface area contributed by atoms with Crippen molar-refractivity contribution in [2.24, 2.45) is 5.73 Å². The van der Waals surface area contributed by atoms with Crippen LogP contribution in [0.25, 0.3) is 17.4 Å². The van der Waals surface area contributed by atoms with E-state index in [2.05, 4.69) is 20.2 Å². The fraction of sp³-hybridized carbons (Fsp3) is 0.412. The number of nitrogens with two attached hydrogens (primary N) is 1. The van der Waals surface area contributed by atoms with E-state index >= 15 is 0 Å². The number of rotatable bonds is 4. The molecule has 2 N–H and O–H groups in total. The van der Waals surface area contributed by atoms with Crippen LogP contribution in [0.3, 0.4) is 0 Å². The van der Waals surface area contributed by atoms with Crippen LogP contribution in [0, 0.1) is 5.82 Å². The molecular formula is C17H20ClFN6O. The molecule has 0 aliphatic heterocycles. The van der Waals surface area contributed by atoms with Crippen LogP contribution in [-0.4, -0.2) is 24.9 Å². The summed E-state index contributed by atoms with van der Waals surface area (Å²) in [7, 11) is 0. The highest BCUT2D eigenvalue weighted by Crippen LogP contribution is 2.37. The predicted molar refractivity (Wildman–Crippen MR) is 95.7 cm³/mol. The number of nitrogens with zero attached hydrogens (tertiary/aromatic N) is 5. The lowest BCUT2D eigenvalue weighted by atomic mass is 9.77. The summed E-state index contributed by atoms with van der Waals surface area (Å²) in [6, 6.07) is 6.21. The first-order valence-electron chi connectivity index (χ1n) is 8.33. The van der Waals surface area contributed by atoms with Crippen LogP contribution in [0.4, 0.5) is 4.39 Å². The average Bonchev–Trinajstić information content (AvgIpc) is 3.19. The van der Waals surface area contributed by atoms with E-state index in [9.17, 15) is 4.39 Å². The van der Waals surface area contributed by atoms with Crippen LogP contribution in [0.1, 0.15) is 50.7 Å². The molecule has 1 fully saturated rings. The first-order valence-corrected chi connectivity index (χ1v) is 8.33. The standard InChI is InChI=1S/C17H19FN6O.ClH/c1-10(2)14-20-13(22-24(14)12-6-3-5-11(18)9-12)15-21-16(23-25-15)17(19)7-4-8-17;/h3,5-6,9-10H,4,7-8,19H2,1-2H3;1H. The summed E-state index contributed by atoms with van der Waals surface area (Å²) in [4.78, 5) is 8.90. The highest BCUT2D eigenvalue weighted by Gasteiger charge is 2.39. The molecule has 138 valence electrons. The van der Waals surface area contributed by atoms with E-state index in [1.54, 1.807) is 16.8 Å². The van der Waals surface area contributed by atoms with Gasteiger partial charge < -0.3 is 10.3 Å². The van der Waals surface area contributed by atoms with Gasteiger partial charge in [0.1, 0.15) is 11.6 Å². The zero-order valence-electron chi connectivity index (χ0n) is 14.5. The van der Waals surface area contributed by atoms with Crippen molar-refractivity contribution < 1.29 is 8.91 Å². The van der Waals surface area contributed by atoms with Gasteiger partial charge in [0.25, 0.3) is 5.89 Å². The molecule has 0 bridgehead atoms. The van der Waals surface area contributed by atoms with E-state index in [0.29, 0.717) is 23.2 Å². The third-order valence-corrected chi connectivity index (χ3v) is 4.51. The number of hydrogen-bond acceptors (Lipinski definition) is 6. The van der Waals surface area contributed by atoms with Crippen molar-refractivity contribution in [1.29, 1.82) is 0 Å². The molecule has 2 heterocycles. The van der Waals surface area contributed by atoms with Gasteiger partial charge in [0.2, 0.25) is 5.82 Å². The van der Waals surface area contributed by atoms with E-state index < -0.39 is 5.54 Å². The lowest BCUT2D eigenvalue weighted by molar-refractivity contribution is 0.229. The molecule has 2 aromatic heterocycles. The Balaban J connectivity index is 0.00000196. The maximum absolute atomic E-state index is 13.6. The van der Waals surface area contributed by atoms with E-state index in [1.807, 2.05) is 13.8 Å². The van der Waals surface area contributed by atoms with E-state index in [-0.39, 0.29) is 30.0 Å². The molecule has 9 heteroatoms. The summed E-state index contributed by atoms with van der Waals surface area (Å²) in [6.07, 6.45) is 2.74. The van der Waals surface area contributed by atoms with Crippen LogP contribution >= 0.6 is 12.4 Å². The fourth-order valence-corrected chi connectivity index (χ4v) is 2.88. The summed E-state index contributed by atoms with van der Waals surface area (Å²) < 4.78 is 20.5. The molecule has 0 unspecified atom stereocenters. The molecule has 0 atom stereocenters. The second kappa shape index (κ2) is 6.77. The molecule has 3 aromatic rings. The molecule has 0 amide bonds. The fourth-order valence-electron chi connectivity index (χ4n) is 2.88. The Morgan fingerprint density at radius 1 is 1.27 bits per heavy atom. The van der Waals surface area contributed by atoms with Crippen molar-refractivity contribution in [2.75, 3.05) is 0 Å². The smallest absolute Gasteiger partial charge is 0.297 e. The van der Waals surface area contributed by atoms with Crippen molar-refractivity contribution in [3.8, 4) is 17.4 Å². The maximum atomic E-state index is 13.6. The van der Waals surface area contributed by atoms with Crippen LogP contribution in [0.15, 0.2) is 28.8 Å². The van der Waals surface area contributed by atoms with Gasteiger partial charge in [-0.15, -0.1) is 17.5 Å². The summed E-state index contributed by atoms with van der Waals surface area (Å²) in [5.74, 6) is 1.46. The Kier molecular flexibility index (Phi) is 4.81. The average molecular weight is 379 g/mol. The molecule has 1 aliphatic carbocycles. The third-order valence-electron chi connectivity index (χ3n) is 4.51. The Morgan fingerprint density at radius 3 is 2.65 bits per heavy atom. The maximum Gasteiger partial charge on any atom is 0.297 e. The quantitative estimate of drug-likeness (QED) is 0.748. The van der Waals surface area contributed by atoms with Gasteiger partial charge in [0.05, 0.1) is 11.2 Å². The van der Waals surface area contributed by atoms with Gasteiger partial charge in [0.15, 0.2) is 5.82 Å². The van der Waals surface area contributed by atoms with Crippen LogP contribution < -0.4 is 5.73 Å². The van der Waals surface area contributed by atoms with Gasteiger partial charge in [-0.2, -0.15) is 4.98 Å². The number of benzene rings is 1. The van der Waals surface area contributed by atoms with Crippen molar-refractivity contribution in [3.63, 3.8) is 0 Å². The van der Waals surface area contributed by atoms with E-state index in [1.165, 1.54) is 12.1 Å². The Bertz CT molecular complexity index is 918. The minimum Gasteiger partial charge on any atom is -0.330 e. The number of aromatic nitrogens is 5. The first kappa shape index (κ1) is 18.5. The molecule has 4 rings (SSSR count). The number of halogens is 2. The summed E-state index contributed by atoms with van der Waals surface area (Å²) in [6.45, 7) is 3.98. The Morgan fingerprint density at radius 2 is 2.04 bits per heavy atom. The molecule has 0 spiro atoms. The monoisotopic (exact) mass is 378 g/mol. The lowest BCUT2D eigenvalue weighted by Crippen LogP contribution is -2.44. The topological polar surface area (TPSA) is 95.7 Å². The second-order valence-electron chi connectivity index (χ2n) is 6.77. The largest absolute Gasteiger partial charge is 0.330 e. The predicted octanol–water partition coefficient (Wildman–Crippen LogP) is 3.34. The van der Waals surface area contributed by atoms with Gasteiger partial charge in [-0.05, 0) is 37.5 Å². The summed E-state index contributed by atoms with van der Waals surface area (Å²) >= 11 is 0. The molecule has 0 radical (unpaired) electrons. The van der Waals surface area contributed by atoms with E-state index in [4.69, 9.17) is 10.3 Å². The SMILES string of the molecule is CC(C)c1nc(-c2nc(C3(N)CCC3)no2)nn1-c1cccc(F)c1.Cl. The first-order chi connectivity index (χ1) is 12.0. The van der Waals surface area contributed by atoms with Gasteiger partial charge in [-0.1, -0.05) is 25.1 Å². The Hall–Kier alpha value is -2.32. The highest BCUT2D eigenvalue weighted by atomic mass is 35.5. The van der Waals surface area contributed by atoms with Crippen LogP contribution in [0.5, 0.6) is 0 Å². The molecule has 1 saturated carbocycles. The minimum atomic E-state index is -0.506. The normalized spacial score (nSPS) is 15.6. The summed E-state index contributed by atoms with van der Waals surface area (Å²) in [5, 5.41) is 8.45.